The molecule has 102 valence electrons. The molecule has 5 heteroatoms. The van der Waals surface area contributed by atoms with Crippen LogP contribution in [0.25, 0.3) is 0 Å². The predicted octanol–water partition coefficient (Wildman–Crippen LogP) is 3.64. The van der Waals surface area contributed by atoms with E-state index in [2.05, 4.69) is 34.0 Å². The third-order valence-electron chi connectivity index (χ3n) is 3.13. The Kier molecular flexibility index (Phi) is 4.66. The van der Waals surface area contributed by atoms with Crippen molar-refractivity contribution in [3.8, 4) is 0 Å². The Morgan fingerprint density at radius 1 is 1.37 bits per heavy atom. The van der Waals surface area contributed by atoms with Gasteiger partial charge in [0.25, 0.3) is 0 Å². The maximum absolute atomic E-state index is 6.26. The molecule has 1 atom stereocenters. The van der Waals surface area contributed by atoms with Gasteiger partial charge in [0.1, 0.15) is 0 Å². The second kappa shape index (κ2) is 6.07. The van der Waals surface area contributed by atoms with Crippen LogP contribution in [0.15, 0.2) is 28.7 Å². The van der Waals surface area contributed by atoms with E-state index in [0.717, 1.165) is 34.3 Å². The van der Waals surface area contributed by atoms with Crippen LogP contribution in [0.1, 0.15) is 29.9 Å². The van der Waals surface area contributed by atoms with Gasteiger partial charge in [0.15, 0.2) is 0 Å². The standard InChI is InChI=1S/C14H17BrClN3/c1-3-12-7-13(19(2)18-12)8-14(17)9-4-10(15)6-11(16)5-9/h4-7,14H,3,8,17H2,1-2H3. The highest BCUT2D eigenvalue weighted by molar-refractivity contribution is 9.10. The number of hydrogen-bond acceptors (Lipinski definition) is 2. The van der Waals surface area contributed by atoms with E-state index in [9.17, 15) is 0 Å². The molecule has 2 N–H and O–H groups in total. The van der Waals surface area contributed by atoms with Gasteiger partial charge in [-0.25, -0.2) is 0 Å². The first kappa shape index (κ1) is 14.6. The lowest BCUT2D eigenvalue weighted by atomic mass is 10.0. The second-order valence-corrected chi connectivity index (χ2v) is 5.97. The zero-order chi connectivity index (χ0) is 14.0. The Labute approximate surface area is 126 Å². The van der Waals surface area contributed by atoms with E-state index in [4.69, 9.17) is 17.3 Å². The van der Waals surface area contributed by atoms with Gasteiger partial charge >= 0.3 is 0 Å². The topological polar surface area (TPSA) is 43.8 Å². The summed E-state index contributed by atoms with van der Waals surface area (Å²) in [6.45, 7) is 2.10. The lowest BCUT2D eigenvalue weighted by Gasteiger charge is -2.13. The normalized spacial score (nSPS) is 12.7. The van der Waals surface area contributed by atoms with Crippen molar-refractivity contribution < 1.29 is 0 Å². The van der Waals surface area contributed by atoms with Crippen molar-refractivity contribution in [2.45, 2.75) is 25.8 Å². The van der Waals surface area contributed by atoms with Gasteiger partial charge in [-0.1, -0.05) is 34.5 Å². The summed E-state index contributed by atoms with van der Waals surface area (Å²) in [6, 6.07) is 7.80. The number of nitrogens with two attached hydrogens (primary N) is 1. The quantitative estimate of drug-likeness (QED) is 0.922. The summed E-state index contributed by atoms with van der Waals surface area (Å²) in [5, 5.41) is 5.13. The molecule has 2 aromatic rings. The maximum atomic E-state index is 6.26. The highest BCUT2D eigenvalue weighted by atomic mass is 79.9. The monoisotopic (exact) mass is 341 g/mol. The summed E-state index contributed by atoms with van der Waals surface area (Å²) >= 11 is 9.49. The number of hydrogen-bond donors (Lipinski definition) is 1. The summed E-state index contributed by atoms with van der Waals surface area (Å²) in [7, 11) is 1.95. The van der Waals surface area contributed by atoms with E-state index in [-0.39, 0.29) is 6.04 Å². The first-order chi connectivity index (χ1) is 8.99. The van der Waals surface area contributed by atoms with E-state index < -0.39 is 0 Å². The predicted molar refractivity (Wildman–Crippen MR) is 82.4 cm³/mol. The molecule has 0 spiro atoms. The molecule has 0 aliphatic carbocycles. The molecule has 3 nitrogen and oxygen atoms in total. The van der Waals surface area contributed by atoms with Crippen LogP contribution in [0, 0.1) is 0 Å². The van der Waals surface area contributed by atoms with Crippen LogP contribution in [-0.2, 0) is 19.9 Å². The van der Waals surface area contributed by atoms with E-state index in [0.29, 0.717) is 5.02 Å². The van der Waals surface area contributed by atoms with Gasteiger partial charge in [0, 0.05) is 34.7 Å². The summed E-state index contributed by atoms with van der Waals surface area (Å²) < 4.78 is 2.85. The summed E-state index contributed by atoms with van der Waals surface area (Å²) in [5.41, 5.74) is 9.52. The SMILES string of the molecule is CCc1cc(CC(N)c2cc(Cl)cc(Br)c2)n(C)n1. The molecule has 0 bridgehead atoms. The van der Waals surface area contributed by atoms with E-state index in [1.54, 1.807) is 0 Å². The van der Waals surface area contributed by atoms with Crippen LogP contribution >= 0.6 is 27.5 Å². The summed E-state index contributed by atoms with van der Waals surface area (Å²) in [6.07, 6.45) is 1.68. The van der Waals surface area contributed by atoms with Crippen LogP contribution in [0.2, 0.25) is 5.02 Å². The number of aromatic nitrogens is 2. The third-order valence-corrected chi connectivity index (χ3v) is 3.81. The molecule has 1 heterocycles. The highest BCUT2D eigenvalue weighted by Crippen LogP contribution is 2.24. The molecule has 0 aliphatic rings. The highest BCUT2D eigenvalue weighted by Gasteiger charge is 2.12. The number of nitrogens with zero attached hydrogens (tertiary/aromatic N) is 2. The van der Waals surface area contributed by atoms with E-state index in [1.165, 1.54) is 0 Å². The van der Waals surface area contributed by atoms with Gasteiger partial charge in [0.05, 0.1) is 5.69 Å². The largest absolute Gasteiger partial charge is 0.324 e. The van der Waals surface area contributed by atoms with E-state index >= 15 is 0 Å². The molecule has 1 unspecified atom stereocenters. The molecule has 2 rings (SSSR count). The lowest BCUT2D eigenvalue weighted by molar-refractivity contribution is 0.638. The molecule has 1 aromatic heterocycles. The van der Waals surface area contributed by atoms with Gasteiger partial charge in [-0.2, -0.15) is 5.10 Å². The lowest BCUT2D eigenvalue weighted by Crippen LogP contribution is -2.15. The number of aryl methyl sites for hydroxylation is 2. The fourth-order valence-corrected chi connectivity index (χ4v) is 2.95. The first-order valence-electron chi connectivity index (χ1n) is 6.23. The smallest absolute Gasteiger partial charge is 0.0624 e. The summed E-state index contributed by atoms with van der Waals surface area (Å²) in [5.74, 6) is 0. The minimum atomic E-state index is -0.0879. The Balaban J connectivity index is 2.20. The zero-order valence-electron chi connectivity index (χ0n) is 11.0. The third kappa shape index (κ3) is 3.59. The number of halogens is 2. The minimum Gasteiger partial charge on any atom is -0.324 e. The zero-order valence-corrected chi connectivity index (χ0v) is 13.4. The van der Waals surface area contributed by atoms with Crippen LogP contribution in [0.3, 0.4) is 0 Å². The van der Waals surface area contributed by atoms with Crippen molar-refractivity contribution >= 4 is 27.5 Å². The molecular weight excluding hydrogens is 326 g/mol. The van der Waals surface area contributed by atoms with Crippen LogP contribution in [-0.4, -0.2) is 9.78 Å². The van der Waals surface area contributed by atoms with Gasteiger partial charge < -0.3 is 5.73 Å². The Morgan fingerprint density at radius 2 is 2.11 bits per heavy atom. The van der Waals surface area contributed by atoms with Crippen molar-refractivity contribution in [2.24, 2.45) is 12.8 Å². The second-order valence-electron chi connectivity index (χ2n) is 4.62. The van der Waals surface area contributed by atoms with Gasteiger partial charge in [-0.3, -0.25) is 4.68 Å². The Bertz CT molecular complexity index is 560. The van der Waals surface area contributed by atoms with Crippen LogP contribution in [0.4, 0.5) is 0 Å². The van der Waals surface area contributed by atoms with Gasteiger partial charge in [0.2, 0.25) is 0 Å². The summed E-state index contributed by atoms with van der Waals surface area (Å²) in [4.78, 5) is 0. The minimum absolute atomic E-state index is 0.0879. The molecule has 0 fully saturated rings. The molecule has 0 radical (unpaired) electrons. The fourth-order valence-electron chi connectivity index (χ4n) is 2.07. The van der Waals surface area contributed by atoms with Crippen LogP contribution in [0.5, 0.6) is 0 Å². The average molecular weight is 343 g/mol. The number of rotatable bonds is 4. The Hall–Kier alpha value is -0.840. The average Bonchev–Trinajstić information content (AvgIpc) is 2.69. The van der Waals surface area contributed by atoms with Crippen molar-refractivity contribution in [3.63, 3.8) is 0 Å². The molecule has 0 saturated heterocycles. The van der Waals surface area contributed by atoms with Gasteiger partial charge in [-0.05, 0) is 36.2 Å². The van der Waals surface area contributed by atoms with Crippen molar-refractivity contribution in [1.82, 2.24) is 9.78 Å². The van der Waals surface area contributed by atoms with Crippen molar-refractivity contribution in [2.75, 3.05) is 0 Å². The molecular formula is C14H17BrClN3. The molecule has 1 aromatic carbocycles. The van der Waals surface area contributed by atoms with E-state index in [1.807, 2.05) is 29.9 Å². The molecule has 0 aliphatic heterocycles. The van der Waals surface area contributed by atoms with Crippen molar-refractivity contribution in [3.05, 3.63) is 50.7 Å². The molecule has 19 heavy (non-hydrogen) atoms. The fraction of sp³-hybridized carbons (Fsp3) is 0.357. The molecule has 0 amide bonds. The maximum Gasteiger partial charge on any atom is 0.0624 e. The Morgan fingerprint density at radius 3 is 2.68 bits per heavy atom. The van der Waals surface area contributed by atoms with Crippen LogP contribution < -0.4 is 5.73 Å². The number of benzene rings is 1. The first-order valence-corrected chi connectivity index (χ1v) is 7.40. The molecule has 0 saturated carbocycles. The van der Waals surface area contributed by atoms with Crippen molar-refractivity contribution in [1.29, 1.82) is 0 Å². The van der Waals surface area contributed by atoms with Gasteiger partial charge in [-0.15, -0.1) is 0 Å².